The van der Waals surface area contributed by atoms with Gasteiger partial charge in [-0.15, -0.1) is 5.10 Å². The molecule has 1 N–H and O–H groups in total. The molecule has 1 fully saturated rings. The number of hydrogen-bond acceptors (Lipinski definition) is 7. The third-order valence-electron chi connectivity index (χ3n) is 5.30. The third kappa shape index (κ3) is 4.10. The third-order valence-corrected chi connectivity index (χ3v) is 5.30. The van der Waals surface area contributed by atoms with Crippen LogP contribution in [0.15, 0.2) is 66.2 Å². The lowest BCUT2D eigenvalue weighted by Crippen LogP contribution is -2.36. The quantitative estimate of drug-likeness (QED) is 0.399. The largest absolute Gasteiger partial charge is 0.378 e. The lowest BCUT2D eigenvalue weighted by atomic mass is 10.1. The molecule has 5 rings (SSSR count). The average Bonchev–Trinajstić information content (AvgIpc) is 3.25. The minimum Gasteiger partial charge on any atom is -0.378 e. The first-order valence-electron chi connectivity index (χ1n) is 10.3. The number of aryl methyl sites for hydroxylation is 1. The minimum absolute atomic E-state index is 0.650. The van der Waals surface area contributed by atoms with Crippen molar-refractivity contribution in [3.05, 3.63) is 72.2 Å². The number of nitrogens with one attached hydrogen (secondary N) is 1. The Hall–Kier alpha value is -3.78. The molecular formula is C23H23N7O. The summed E-state index contributed by atoms with van der Waals surface area (Å²) in [6.45, 7) is 5.07. The highest BCUT2D eigenvalue weighted by molar-refractivity contribution is 5.82. The molecule has 1 aromatic carbocycles. The summed E-state index contributed by atoms with van der Waals surface area (Å²) in [6, 6.07) is 14.0. The van der Waals surface area contributed by atoms with Crippen LogP contribution in [0.1, 0.15) is 11.1 Å². The van der Waals surface area contributed by atoms with E-state index in [0.717, 1.165) is 41.2 Å². The molecule has 0 bridgehead atoms. The number of pyridine rings is 1. The molecule has 0 amide bonds. The molecule has 0 unspecified atom stereocenters. The summed E-state index contributed by atoms with van der Waals surface area (Å²) in [5, 5.41) is 9.09. The zero-order chi connectivity index (χ0) is 21.0. The van der Waals surface area contributed by atoms with Gasteiger partial charge in [-0.2, -0.15) is 5.10 Å². The lowest BCUT2D eigenvalue weighted by molar-refractivity contribution is 0.123. The Bertz CT molecular complexity index is 1210. The Kier molecular flexibility index (Phi) is 5.28. The van der Waals surface area contributed by atoms with Crippen molar-refractivity contribution in [1.29, 1.82) is 0 Å². The second-order valence-corrected chi connectivity index (χ2v) is 7.37. The van der Waals surface area contributed by atoms with Gasteiger partial charge in [-0.3, -0.25) is 10.4 Å². The molecule has 0 saturated carbocycles. The van der Waals surface area contributed by atoms with Crippen molar-refractivity contribution in [3.8, 4) is 11.3 Å². The smallest absolute Gasteiger partial charge is 0.177 e. The second kappa shape index (κ2) is 8.53. The van der Waals surface area contributed by atoms with E-state index < -0.39 is 0 Å². The molecule has 0 radical (unpaired) electrons. The van der Waals surface area contributed by atoms with E-state index >= 15 is 0 Å². The van der Waals surface area contributed by atoms with Crippen molar-refractivity contribution in [2.24, 2.45) is 5.10 Å². The normalized spacial score (nSPS) is 14.4. The number of morpholine rings is 1. The van der Waals surface area contributed by atoms with Crippen molar-refractivity contribution < 1.29 is 4.74 Å². The molecule has 8 nitrogen and oxygen atoms in total. The van der Waals surface area contributed by atoms with Gasteiger partial charge in [-0.1, -0.05) is 24.3 Å². The summed E-state index contributed by atoms with van der Waals surface area (Å²) in [7, 11) is 0. The average molecular weight is 413 g/mol. The number of anilines is 2. The first kappa shape index (κ1) is 19.2. The number of aromatic nitrogens is 4. The molecule has 8 heteroatoms. The monoisotopic (exact) mass is 413 g/mol. The van der Waals surface area contributed by atoms with Gasteiger partial charge in [0.05, 0.1) is 37.0 Å². The van der Waals surface area contributed by atoms with E-state index in [4.69, 9.17) is 9.72 Å². The van der Waals surface area contributed by atoms with Gasteiger partial charge in [0.25, 0.3) is 0 Å². The lowest BCUT2D eigenvalue weighted by Gasteiger charge is -2.29. The van der Waals surface area contributed by atoms with Crippen LogP contribution in [0.3, 0.4) is 0 Å². The molecule has 0 atom stereocenters. The van der Waals surface area contributed by atoms with Crippen molar-refractivity contribution >= 4 is 23.4 Å². The van der Waals surface area contributed by atoms with Gasteiger partial charge in [0.15, 0.2) is 11.5 Å². The van der Waals surface area contributed by atoms with Gasteiger partial charge in [0, 0.05) is 37.1 Å². The maximum atomic E-state index is 5.53. The van der Waals surface area contributed by atoms with E-state index in [2.05, 4.69) is 38.5 Å². The number of ether oxygens (including phenoxy) is 1. The van der Waals surface area contributed by atoms with Crippen LogP contribution >= 0.6 is 0 Å². The zero-order valence-corrected chi connectivity index (χ0v) is 17.3. The fourth-order valence-corrected chi connectivity index (χ4v) is 3.61. The van der Waals surface area contributed by atoms with Crippen LogP contribution in [0, 0.1) is 6.92 Å². The first-order chi connectivity index (χ1) is 15.3. The van der Waals surface area contributed by atoms with Crippen LogP contribution in [-0.4, -0.2) is 52.1 Å². The van der Waals surface area contributed by atoms with Gasteiger partial charge in [0.2, 0.25) is 0 Å². The Morgan fingerprint density at radius 3 is 2.71 bits per heavy atom. The molecule has 0 spiro atoms. The molecular weight excluding hydrogens is 390 g/mol. The first-order valence-corrected chi connectivity index (χ1v) is 10.3. The van der Waals surface area contributed by atoms with Crippen LogP contribution in [-0.2, 0) is 4.74 Å². The van der Waals surface area contributed by atoms with Gasteiger partial charge in [-0.05, 0) is 30.2 Å². The van der Waals surface area contributed by atoms with Crippen LogP contribution in [0.2, 0.25) is 0 Å². The Labute approximate surface area is 180 Å². The number of hydrazone groups is 1. The Morgan fingerprint density at radius 2 is 1.90 bits per heavy atom. The highest BCUT2D eigenvalue weighted by atomic mass is 16.5. The minimum atomic E-state index is 0.650. The topological polar surface area (TPSA) is 79.9 Å². The van der Waals surface area contributed by atoms with E-state index in [1.807, 2.05) is 53.3 Å². The number of imidazole rings is 1. The van der Waals surface area contributed by atoms with Crippen molar-refractivity contribution in [2.45, 2.75) is 6.92 Å². The maximum Gasteiger partial charge on any atom is 0.177 e. The molecule has 4 heterocycles. The van der Waals surface area contributed by atoms with Crippen LogP contribution < -0.4 is 10.3 Å². The summed E-state index contributed by atoms with van der Waals surface area (Å²) < 4.78 is 7.34. The van der Waals surface area contributed by atoms with E-state index in [-0.39, 0.29) is 0 Å². The van der Waals surface area contributed by atoms with Gasteiger partial charge in [0.1, 0.15) is 0 Å². The standard InChI is InChI=1S/C23H23N7O/c1-17-4-2-3-5-19(17)15-25-27-22-14-21(29-10-12-31-13-11-29)23-26-20(16-30(23)28-22)18-6-8-24-9-7-18/h2-9,14-16H,10-13H2,1H3,(H,27,28)/b25-15+. The summed E-state index contributed by atoms with van der Waals surface area (Å²) in [5.41, 5.74) is 8.98. The van der Waals surface area contributed by atoms with Crippen LogP contribution in [0.25, 0.3) is 16.9 Å². The van der Waals surface area contributed by atoms with E-state index in [9.17, 15) is 0 Å². The Balaban J connectivity index is 1.51. The predicted octanol–water partition coefficient (Wildman–Crippen LogP) is 3.38. The molecule has 156 valence electrons. The molecule has 3 aromatic heterocycles. The van der Waals surface area contributed by atoms with Crippen molar-refractivity contribution in [3.63, 3.8) is 0 Å². The molecule has 1 aliphatic heterocycles. The summed E-state index contributed by atoms with van der Waals surface area (Å²) >= 11 is 0. The molecule has 1 aliphatic rings. The van der Waals surface area contributed by atoms with Gasteiger partial charge in [-0.25, -0.2) is 9.50 Å². The molecule has 4 aromatic rings. The van der Waals surface area contributed by atoms with E-state index in [1.54, 1.807) is 12.4 Å². The summed E-state index contributed by atoms with van der Waals surface area (Å²) in [4.78, 5) is 11.2. The maximum absolute atomic E-state index is 5.53. The zero-order valence-electron chi connectivity index (χ0n) is 17.3. The number of nitrogens with zero attached hydrogens (tertiary/aromatic N) is 6. The highest BCUT2D eigenvalue weighted by Gasteiger charge is 2.18. The van der Waals surface area contributed by atoms with E-state index in [0.29, 0.717) is 19.0 Å². The Morgan fingerprint density at radius 1 is 1.10 bits per heavy atom. The molecule has 0 aliphatic carbocycles. The summed E-state index contributed by atoms with van der Waals surface area (Å²) in [6.07, 6.45) is 7.28. The van der Waals surface area contributed by atoms with E-state index in [1.165, 1.54) is 5.56 Å². The second-order valence-electron chi connectivity index (χ2n) is 7.37. The molecule has 1 saturated heterocycles. The van der Waals surface area contributed by atoms with Gasteiger partial charge >= 0.3 is 0 Å². The number of hydrogen-bond donors (Lipinski definition) is 1. The predicted molar refractivity (Wildman–Crippen MR) is 122 cm³/mol. The van der Waals surface area contributed by atoms with Crippen LogP contribution in [0.4, 0.5) is 11.5 Å². The highest BCUT2D eigenvalue weighted by Crippen LogP contribution is 2.27. The SMILES string of the molecule is Cc1ccccc1/C=N/Nc1cc(N2CCOCC2)c2nc(-c3ccncc3)cn2n1. The van der Waals surface area contributed by atoms with Crippen molar-refractivity contribution in [2.75, 3.05) is 36.6 Å². The number of benzene rings is 1. The van der Waals surface area contributed by atoms with Crippen molar-refractivity contribution in [1.82, 2.24) is 19.6 Å². The summed E-state index contributed by atoms with van der Waals surface area (Å²) in [5.74, 6) is 0.650. The van der Waals surface area contributed by atoms with Gasteiger partial charge < -0.3 is 9.64 Å². The van der Waals surface area contributed by atoms with Crippen LogP contribution in [0.5, 0.6) is 0 Å². The fraction of sp³-hybridized carbons (Fsp3) is 0.217. The number of fused-ring (bicyclic) bond motifs is 1. The molecule has 31 heavy (non-hydrogen) atoms. The fourth-order valence-electron chi connectivity index (χ4n) is 3.61. The number of rotatable bonds is 5.